The zero-order chi connectivity index (χ0) is 12.3. The second-order valence-corrected chi connectivity index (χ2v) is 5.39. The van der Waals surface area contributed by atoms with E-state index in [1.54, 1.807) is 18.5 Å². The molecular formula is C12H15BrN2O2. The lowest BCUT2D eigenvalue weighted by molar-refractivity contribution is 0.0206. The highest BCUT2D eigenvalue weighted by atomic mass is 79.9. The van der Waals surface area contributed by atoms with Crippen molar-refractivity contribution in [1.29, 1.82) is 0 Å². The summed E-state index contributed by atoms with van der Waals surface area (Å²) < 4.78 is 6.41. The van der Waals surface area contributed by atoms with E-state index in [1.165, 1.54) is 0 Å². The molecule has 1 unspecified atom stereocenters. The van der Waals surface area contributed by atoms with Gasteiger partial charge in [-0.15, -0.1) is 0 Å². The zero-order valence-corrected chi connectivity index (χ0v) is 11.3. The van der Waals surface area contributed by atoms with Gasteiger partial charge >= 0.3 is 0 Å². The van der Waals surface area contributed by atoms with Gasteiger partial charge in [0.1, 0.15) is 0 Å². The number of nitrogens with zero attached hydrogens (tertiary/aromatic N) is 1. The SMILES string of the molecule is CC1(CNC(=O)c2cncc(Br)c2)CCCO1. The van der Waals surface area contributed by atoms with Crippen LogP contribution >= 0.6 is 15.9 Å². The summed E-state index contributed by atoms with van der Waals surface area (Å²) >= 11 is 3.29. The minimum Gasteiger partial charge on any atom is -0.373 e. The first-order chi connectivity index (χ1) is 8.09. The predicted octanol–water partition coefficient (Wildman–Crippen LogP) is 2.14. The first-order valence-corrected chi connectivity index (χ1v) is 6.41. The maximum Gasteiger partial charge on any atom is 0.252 e. The minimum absolute atomic E-state index is 0.115. The Morgan fingerprint density at radius 3 is 3.12 bits per heavy atom. The monoisotopic (exact) mass is 298 g/mol. The summed E-state index contributed by atoms with van der Waals surface area (Å²) in [7, 11) is 0. The van der Waals surface area contributed by atoms with E-state index in [-0.39, 0.29) is 11.5 Å². The minimum atomic E-state index is -0.213. The molecule has 0 aliphatic carbocycles. The third-order valence-corrected chi connectivity index (χ3v) is 3.32. The lowest BCUT2D eigenvalue weighted by Gasteiger charge is -2.23. The summed E-state index contributed by atoms with van der Waals surface area (Å²) in [6.07, 6.45) is 5.25. The van der Waals surface area contributed by atoms with E-state index in [1.807, 2.05) is 6.92 Å². The van der Waals surface area contributed by atoms with Crippen molar-refractivity contribution in [3.8, 4) is 0 Å². The predicted molar refractivity (Wildman–Crippen MR) is 67.9 cm³/mol. The van der Waals surface area contributed by atoms with Gasteiger partial charge in [0.2, 0.25) is 0 Å². The van der Waals surface area contributed by atoms with E-state index < -0.39 is 0 Å². The number of hydrogen-bond acceptors (Lipinski definition) is 3. The molecule has 0 bridgehead atoms. The van der Waals surface area contributed by atoms with Crippen LogP contribution in [0.2, 0.25) is 0 Å². The molecule has 0 aromatic carbocycles. The maximum absolute atomic E-state index is 11.9. The Morgan fingerprint density at radius 2 is 2.47 bits per heavy atom. The number of carbonyl (C=O) groups excluding carboxylic acids is 1. The zero-order valence-electron chi connectivity index (χ0n) is 9.70. The molecule has 1 saturated heterocycles. The number of rotatable bonds is 3. The van der Waals surface area contributed by atoms with E-state index in [4.69, 9.17) is 4.74 Å². The number of pyridine rings is 1. The molecule has 0 radical (unpaired) electrons. The van der Waals surface area contributed by atoms with Gasteiger partial charge < -0.3 is 10.1 Å². The van der Waals surface area contributed by atoms with E-state index in [9.17, 15) is 4.79 Å². The van der Waals surface area contributed by atoms with Crippen molar-refractivity contribution in [2.75, 3.05) is 13.2 Å². The Bertz CT molecular complexity index is 417. The van der Waals surface area contributed by atoms with E-state index in [0.29, 0.717) is 12.1 Å². The summed E-state index contributed by atoms with van der Waals surface area (Å²) in [5, 5.41) is 2.88. The standard InChI is InChI=1S/C12H15BrN2O2/c1-12(3-2-4-17-12)8-15-11(16)9-5-10(13)7-14-6-9/h5-7H,2-4,8H2,1H3,(H,15,16). The number of ether oxygens (including phenoxy) is 1. The molecule has 0 spiro atoms. The Labute approximate surface area is 109 Å². The molecule has 4 nitrogen and oxygen atoms in total. The van der Waals surface area contributed by atoms with E-state index in [0.717, 1.165) is 23.9 Å². The van der Waals surface area contributed by atoms with Crippen LogP contribution < -0.4 is 5.32 Å². The van der Waals surface area contributed by atoms with Crippen molar-refractivity contribution >= 4 is 21.8 Å². The molecule has 5 heteroatoms. The second-order valence-electron chi connectivity index (χ2n) is 4.48. The molecule has 2 heterocycles. The van der Waals surface area contributed by atoms with Crippen molar-refractivity contribution < 1.29 is 9.53 Å². The number of hydrogen-bond donors (Lipinski definition) is 1. The molecule has 1 aliphatic heterocycles. The van der Waals surface area contributed by atoms with Crippen molar-refractivity contribution in [1.82, 2.24) is 10.3 Å². The molecule has 1 aromatic heterocycles. The molecule has 0 saturated carbocycles. The van der Waals surface area contributed by atoms with Gasteiger partial charge in [0, 0.05) is 30.0 Å². The van der Waals surface area contributed by atoms with Gasteiger partial charge in [-0.3, -0.25) is 9.78 Å². The van der Waals surface area contributed by atoms with Gasteiger partial charge in [0.15, 0.2) is 0 Å². The normalized spacial score (nSPS) is 23.6. The molecule has 2 rings (SSSR count). The molecule has 1 fully saturated rings. The number of amides is 1. The van der Waals surface area contributed by atoms with Crippen molar-refractivity contribution in [3.05, 3.63) is 28.5 Å². The van der Waals surface area contributed by atoms with Gasteiger partial charge in [-0.1, -0.05) is 0 Å². The fourth-order valence-corrected chi connectivity index (χ4v) is 2.25. The number of carbonyl (C=O) groups is 1. The summed E-state index contributed by atoms with van der Waals surface area (Å²) in [5.41, 5.74) is 0.343. The highest BCUT2D eigenvalue weighted by Gasteiger charge is 2.30. The summed E-state index contributed by atoms with van der Waals surface area (Å²) in [5.74, 6) is -0.115. The van der Waals surface area contributed by atoms with Crippen LogP contribution in [-0.2, 0) is 4.74 Å². The molecule has 1 amide bonds. The number of aromatic nitrogens is 1. The van der Waals surface area contributed by atoms with E-state index in [2.05, 4.69) is 26.2 Å². The van der Waals surface area contributed by atoms with Gasteiger partial charge in [-0.2, -0.15) is 0 Å². The fourth-order valence-electron chi connectivity index (χ4n) is 1.88. The Hall–Kier alpha value is -0.940. The molecule has 1 aromatic rings. The topological polar surface area (TPSA) is 51.2 Å². The third-order valence-electron chi connectivity index (χ3n) is 2.89. The van der Waals surface area contributed by atoms with Gasteiger partial charge in [-0.05, 0) is 41.8 Å². The average molecular weight is 299 g/mol. The highest BCUT2D eigenvalue weighted by molar-refractivity contribution is 9.10. The van der Waals surface area contributed by atoms with Gasteiger partial charge in [-0.25, -0.2) is 0 Å². The Morgan fingerprint density at radius 1 is 1.65 bits per heavy atom. The van der Waals surface area contributed by atoms with E-state index >= 15 is 0 Å². The molecule has 92 valence electrons. The molecule has 1 atom stereocenters. The van der Waals surface area contributed by atoms with Crippen molar-refractivity contribution in [3.63, 3.8) is 0 Å². The molecule has 17 heavy (non-hydrogen) atoms. The largest absolute Gasteiger partial charge is 0.373 e. The lowest BCUT2D eigenvalue weighted by Crippen LogP contribution is -2.40. The Kier molecular flexibility index (Phi) is 3.79. The second kappa shape index (κ2) is 5.14. The van der Waals surface area contributed by atoms with Crippen LogP contribution in [0.3, 0.4) is 0 Å². The number of halogens is 1. The summed E-state index contributed by atoms with van der Waals surface area (Å²) in [6.45, 7) is 3.35. The van der Waals surface area contributed by atoms with Crippen LogP contribution in [0.1, 0.15) is 30.1 Å². The van der Waals surface area contributed by atoms with Crippen LogP contribution in [-0.4, -0.2) is 29.6 Å². The van der Waals surface area contributed by atoms with Gasteiger partial charge in [0.05, 0.1) is 11.2 Å². The average Bonchev–Trinajstić information content (AvgIpc) is 2.74. The lowest BCUT2D eigenvalue weighted by atomic mass is 10.0. The quantitative estimate of drug-likeness (QED) is 0.930. The van der Waals surface area contributed by atoms with Gasteiger partial charge in [0.25, 0.3) is 5.91 Å². The molecule has 1 N–H and O–H groups in total. The fraction of sp³-hybridized carbons (Fsp3) is 0.500. The van der Waals surface area contributed by atoms with Crippen LogP contribution in [0.5, 0.6) is 0 Å². The first-order valence-electron chi connectivity index (χ1n) is 5.62. The third kappa shape index (κ3) is 3.26. The van der Waals surface area contributed by atoms with Crippen LogP contribution in [0, 0.1) is 0 Å². The smallest absolute Gasteiger partial charge is 0.252 e. The first kappa shape index (κ1) is 12.5. The molecule has 1 aliphatic rings. The van der Waals surface area contributed by atoms with Crippen molar-refractivity contribution in [2.24, 2.45) is 0 Å². The van der Waals surface area contributed by atoms with Crippen LogP contribution in [0.4, 0.5) is 0 Å². The Balaban J connectivity index is 1.93. The molecular weight excluding hydrogens is 284 g/mol. The van der Waals surface area contributed by atoms with Crippen LogP contribution in [0.25, 0.3) is 0 Å². The highest BCUT2D eigenvalue weighted by Crippen LogP contribution is 2.24. The number of nitrogens with one attached hydrogen (secondary N) is 1. The maximum atomic E-state index is 11.9. The summed E-state index contributed by atoms with van der Waals surface area (Å²) in [4.78, 5) is 15.8. The van der Waals surface area contributed by atoms with Crippen molar-refractivity contribution in [2.45, 2.75) is 25.4 Å². The summed E-state index contributed by atoms with van der Waals surface area (Å²) in [6, 6.07) is 1.75. The van der Waals surface area contributed by atoms with Crippen LogP contribution in [0.15, 0.2) is 22.9 Å².